The molecule has 0 bridgehead atoms. The van der Waals surface area contributed by atoms with Gasteiger partial charge in [-0.2, -0.15) is 0 Å². The van der Waals surface area contributed by atoms with Crippen molar-refractivity contribution in [1.82, 2.24) is 4.98 Å². The molecule has 2 aromatic rings. The molecular formula is C13H13NO3. The second-order valence-electron chi connectivity index (χ2n) is 3.76. The normalized spacial score (nSPS) is 10.2. The highest BCUT2D eigenvalue weighted by atomic mass is 16.5. The highest BCUT2D eigenvalue weighted by molar-refractivity contribution is 5.90. The van der Waals surface area contributed by atoms with Gasteiger partial charge >= 0.3 is 5.97 Å². The Bertz CT molecular complexity index is 540. The van der Waals surface area contributed by atoms with Crippen LogP contribution in [-0.4, -0.2) is 23.2 Å². The number of rotatable bonds is 3. The molecule has 0 aliphatic carbocycles. The molecule has 0 saturated carbocycles. The first kappa shape index (κ1) is 11.3. The molecule has 0 spiro atoms. The lowest BCUT2D eigenvalue weighted by Crippen LogP contribution is -1.95. The molecule has 0 aliphatic rings. The number of nitrogens with one attached hydrogen (secondary N) is 1. The molecule has 4 nitrogen and oxygen atoms in total. The van der Waals surface area contributed by atoms with Crippen molar-refractivity contribution in [3.05, 3.63) is 41.6 Å². The van der Waals surface area contributed by atoms with Crippen molar-refractivity contribution in [2.45, 2.75) is 6.92 Å². The van der Waals surface area contributed by atoms with Gasteiger partial charge in [-0.25, -0.2) is 4.79 Å². The van der Waals surface area contributed by atoms with Gasteiger partial charge in [-0.05, 0) is 42.8 Å². The van der Waals surface area contributed by atoms with Crippen LogP contribution in [0, 0.1) is 6.92 Å². The van der Waals surface area contributed by atoms with E-state index in [1.54, 1.807) is 20.1 Å². The van der Waals surface area contributed by atoms with E-state index in [1.807, 2.05) is 24.3 Å². The Hall–Kier alpha value is -2.23. The number of benzene rings is 1. The van der Waals surface area contributed by atoms with E-state index in [9.17, 15) is 4.79 Å². The van der Waals surface area contributed by atoms with Gasteiger partial charge in [-0.15, -0.1) is 0 Å². The Morgan fingerprint density at radius 1 is 1.29 bits per heavy atom. The van der Waals surface area contributed by atoms with Crippen molar-refractivity contribution >= 4 is 5.97 Å². The van der Waals surface area contributed by atoms with E-state index in [2.05, 4.69) is 4.98 Å². The molecule has 88 valence electrons. The van der Waals surface area contributed by atoms with E-state index >= 15 is 0 Å². The summed E-state index contributed by atoms with van der Waals surface area (Å²) in [7, 11) is 1.61. The van der Waals surface area contributed by atoms with Crippen LogP contribution in [0.5, 0.6) is 5.75 Å². The second-order valence-corrected chi connectivity index (χ2v) is 3.76. The first-order chi connectivity index (χ1) is 8.11. The molecule has 4 heteroatoms. The number of carbonyl (C=O) groups is 1. The van der Waals surface area contributed by atoms with Gasteiger partial charge in [0.25, 0.3) is 0 Å². The largest absolute Gasteiger partial charge is 0.497 e. The molecule has 0 aliphatic heterocycles. The number of aromatic amines is 1. The number of aryl methyl sites for hydroxylation is 1. The Morgan fingerprint density at radius 2 is 1.94 bits per heavy atom. The topological polar surface area (TPSA) is 62.3 Å². The molecule has 0 atom stereocenters. The summed E-state index contributed by atoms with van der Waals surface area (Å²) in [5.74, 6) is -0.144. The smallest absolute Gasteiger partial charge is 0.337 e. The molecule has 0 amide bonds. The number of carboxylic acids is 1. The highest BCUT2D eigenvalue weighted by Gasteiger charge is 2.11. The zero-order chi connectivity index (χ0) is 12.4. The van der Waals surface area contributed by atoms with E-state index in [4.69, 9.17) is 9.84 Å². The number of hydrogen-bond acceptors (Lipinski definition) is 2. The second kappa shape index (κ2) is 4.33. The van der Waals surface area contributed by atoms with Crippen molar-refractivity contribution in [3.63, 3.8) is 0 Å². The van der Waals surface area contributed by atoms with Gasteiger partial charge < -0.3 is 14.8 Å². The summed E-state index contributed by atoms with van der Waals surface area (Å²) in [6.45, 7) is 1.75. The minimum atomic E-state index is -0.918. The number of hydrogen-bond donors (Lipinski definition) is 2. The van der Waals surface area contributed by atoms with Crippen LogP contribution in [0.3, 0.4) is 0 Å². The predicted octanol–water partition coefficient (Wildman–Crippen LogP) is 2.70. The number of aromatic nitrogens is 1. The summed E-state index contributed by atoms with van der Waals surface area (Å²) in [4.78, 5) is 14.0. The Kier molecular flexibility index (Phi) is 2.87. The zero-order valence-corrected chi connectivity index (χ0v) is 9.65. The van der Waals surface area contributed by atoms with Gasteiger partial charge in [0.15, 0.2) is 0 Å². The molecule has 1 aromatic carbocycles. The maximum Gasteiger partial charge on any atom is 0.337 e. The zero-order valence-electron chi connectivity index (χ0n) is 9.65. The molecule has 2 N–H and O–H groups in total. The first-order valence-corrected chi connectivity index (χ1v) is 5.19. The van der Waals surface area contributed by atoms with Crippen molar-refractivity contribution < 1.29 is 14.6 Å². The number of H-pyrrole nitrogens is 1. The highest BCUT2D eigenvalue weighted by Crippen LogP contribution is 2.23. The Labute approximate surface area is 98.9 Å². The molecular weight excluding hydrogens is 218 g/mol. The van der Waals surface area contributed by atoms with Crippen LogP contribution in [0.2, 0.25) is 0 Å². The van der Waals surface area contributed by atoms with Gasteiger partial charge in [-0.3, -0.25) is 0 Å². The summed E-state index contributed by atoms with van der Waals surface area (Å²) in [5.41, 5.74) is 2.68. The number of methoxy groups -OCH3 is 1. The van der Waals surface area contributed by atoms with Gasteiger partial charge in [0.05, 0.1) is 12.7 Å². The van der Waals surface area contributed by atoms with E-state index in [0.717, 1.165) is 17.0 Å². The van der Waals surface area contributed by atoms with E-state index in [0.29, 0.717) is 11.3 Å². The molecule has 0 saturated heterocycles. The number of aromatic carboxylic acids is 1. The standard InChI is InChI=1S/C13H13NO3/c1-8-11(13(15)16)7-12(14-8)9-3-5-10(17-2)6-4-9/h3-7,14H,1-2H3,(H,15,16). The van der Waals surface area contributed by atoms with Gasteiger partial charge in [0.2, 0.25) is 0 Å². The van der Waals surface area contributed by atoms with Crippen LogP contribution in [0.1, 0.15) is 16.1 Å². The van der Waals surface area contributed by atoms with Crippen LogP contribution in [-0.2, 0) is 0 Å². The fraction of sp³-hybridized carbons (Fsp3) is 0.154. The van der Waals surface area contributed by atoms with Gasteiger partial charge in [0, 0.05) is 11.4 Å². The predicted molar refractivity (Wildman–Crippen MR) is 64.5 cm³/mol. The SMILES string of the molecule is COc1ccc(-c2cc(C(=O)O)c(C)[nH]2)cc1. The fourth-order valence-corrected chi connectivity index (χ4v) is 1.71. The Morgan fingerprint density at radius 3 is 2.41 bits per heavy atom. The van der Waals surface area contributed by atoms with E-state index in [1.165, 1.54) is 0 Å². The van der Waals surface area contributed by atoms with Crippen molar-refractivity contribution in [2.75, 3.05) is 7.11 Å². The summed E-state index contributed by atoms with van der Waals surface area (Å²) >= 11 is 0. The van der Waals surface area contributed by atoms with Gasteiger partial charge in [-0.1, -0.05) is 0 Å². The van der Waals surface area contributed by atoms with E-state index < -0.39 is 5.97 Å². The summed E-state index contributed by atoms with van der Waals surface area (Å²) in [5, 5.41) is 8.97. The van der Waals surface area contributed by atoms with Gasteiger partial charge in [0.1, 0.15) is 5.75 Å². The third-order valence-electron chi connectivity index (χ3n) is 2.65. The minimum absolute atomic E-state index is 0.302. The van der Waals surface area contributed by atoms with Crippen molar-refractivity contribution in [2.24, 2.45) is 0 Å². The lowest BCUT2D eigenvalue weighted by Gasteiger charge is -2.01. The number of ether oxygens (including phenoxy) is 1. The first-order valence-electron chi connectivity index (χ1n) is 5.19. The quantitative estimate of drug-likeness (QED) is 0.853. The number of carboxylic acid groups (broad SMARTS) is 1. The van der Waals surface area contributed by atoms with Crippen LogP contribution in [0.15, 0.2) is 30.3 Å². The minimum Gasteiger partial charge on any atom is -0.497 e. The van der Waals surface area contributed by atoms with Crippen LogP contribution in [0.25, 0.3) is 11.3 Å². The molecule has 1 heterocycles. The molecule has 0 unspecified atom stereocenters. The van der Waals surface area contributed by atoms with Crippen LogP contribution < -0.4 is 4.74 Å². The molecule has 0 radical (unpaired) electrons. The third-order valence-corrected chi connectivity index (χ3v) is 2.65. The summed E-state index contributed by atoms with van der Waals surface area (Å²) in [6.07, 6.45) is 0. The maximum absolute atomic E-state index is 10.9. The van der Waals surface area contributed by atoms with Crippen molar-refractivity contribution in [1.29, 1.82) is 0 Å². The summed E-state index contributed by atoms with van der Waals surface area (Å²) < 4.78 is 5.07. The molecule has 2 rings (SSSR count). The summed E-state index contributed by atoms with van der Waals surface area (Å²) in [6, 6.07) is 9.09. The maximum atomic E-state index is 10.9. The van der Waals surface area contributed by atoms with Crippen molar-refractivity contribution in [3.8, 4) is 17.0 Å². The average molecular weight is 231 g/mol. The fourth-order valence-electron chi connectivity index (χ4n) is 1.71. The molecule has 0 fully saturated rings. The third kappa shape index (κ3) is 2.15. The lowest BCUT2D eigenvalue weighted by molar-refractivity contribution is 0.0696. The lowest BCUT2D eigenvalue weighted by atomic mass is 10.1. The van der Waals surface area contributed by atoms with Crippen LogP contribution in [0.4, 0.5) is 0 Å². The molecule has 17 heavy (non-hydrogen) atoms. The Balaban J connectivity index is 2.39. The van der Waals surface area contributed by atoms with E-state index in [-0.39, 0.29) is 0 Å². The monoisotopic (exact) mass is 231 g/mol. The molecule has 1 aromatic heterocycles. The average Bonchev–Trinajstić information content (AvgIpc) is 2.71. The van der Waals surface area contributed by atoms with Crippen LogP contribution >= 0.6 is 0 Å².